The SMILES string of the molecule is COCCCNc1nc(C(F)(F)F)nc2c(OC)c(OC)ccc12. The van der Waals surface area contributed by atoms with Gasteiger partial charge in [0.05, 0.1) is 14.2 Å². The Labute approximate surface area is 136 Å². The molecule has 1 N–H and O–H groups in total. The molecule has 1 aromatic heterocycles. The van der Waals surface area contributed by atoms with E-state index in [4.69, 9.17) is 14.2 Å². The fraction of sp³-hybridized carbons (Fsp3) is 0.467. The van der Waals surface area contributed by atoms with E-state index in [9.17, 15) is 13.2 Å². The zero-order valence-corrected chi connectivity index (χ0v) is 13.5. The van der Waals surface area contributed by atoms with Gasteiger partial charge in [-0.05, 0) is 18.6 Å². The highest BCUT2D eigenvalue weighted by molar-refractivity contribution is 5.95. The Kier molecular flexibility index (Phi) is 5.66. The van der Waals surface area contributed by atoms with Gasteiger partial charge in [0.25, 0.3) is 0 Å². The fourth-order valence-electron chi connectivity index (χ4n) is 2.19. The summed E-state index contributed by atoms with van der Waals surface area (Å²) in [6.45, 7) is 0.894. The van der Waals surface area contributed by atoms with Crippen LogP contribution in [0.25, 0.3) is 10.9 Å². The lowest BCUT2D eigenvalue weighted by molar-refractivity contribution is -0.144. The van der Waals surface area contributed by atoms with Crippen LogP contribution in [-0.2, 0) is 10.9 Å². The molecule has 0 bridgehead atoms. The number of alkyl halides is 3. The number of hydrogen-bond acceptors (Lipinski definition) is 6. The summed E-state index contributed by atoms with van der Waals surface area (Å²) in [4.78, 5) is 7.24. The topological polar surface area (TPSA) is 65.5 Å². The summed E-state index contributed by atoms with van der Waals surface area (Å²) in [5, 5.41) is 3.31. The summed E-state index contributed by atoms with van der Waals surface area (Å²) in [6.07, 6.45) is -4.05. The summed E-state index contributed by atoms with van der Waals surface area (Å²) < 4.78 is 54.6. The molecule has 0 aliphatic carbocycles. The number of anilines is 1. The second kappa shape index (κ2) is 7.52. The Morgan fingerprint density at radius 3 is 2.42 bits per heavy atom. The summed E-state index contributed by atoms with van der Waals surface area (Å²) in [5.41, 5.74) is 0.0356. The zero-order chi connectivity index (χ0) is 17.7. The molecular formula is C15H18F3N3O3. The van der Waals surface area contributed by atoms with Crippen LogP contribution in [0.5, 0.6) is 11.5 Å². The summed E-state index contributed by atoms with van der Waals surface area (Å²) in [6, 6.07) is 3.19. The van der Waals surface area contributed by atoms with Gasteiger partial charge < -0.3 is 19.5 Å². The molecule has 2 aromatic rings. The van der Waals surface area contributed by atoms with Crippen LogP contribution in [0.15, 0.2) is 12.1 Å². The molecule has 0 saturated heterocycles. The van der Waals surface area contributed by atoms with Crippen molar-refractivity contribution in [3.63, 3.8) is 0 Å². The Bertz CT molecular complexity index is 708. The van der Waals surface area contributed by atoms with E-state index >= 15 is 0 Å². The van der Waals surface area contributed by atoms with Gasteiger partial charge in [-0.25, -0.2) is 9.97 Å². The third-order valence-electron chi connectivity index (χ3n) is 3.28. The van der Waals surface area contributed by atoms with Crippen LogP contribution in [0, 0.1) is 0 Å². The monoisotopic (exact) mass is 345 g/mol. The van der Waals surface area contributed by atoms with Crippen molar-refractivity contribution in [3.05, 3.63) is 18.0 Å². The maximum absolute atomic E-state index is 13.1. The molecule has 0 spiro atoms. The van der Waals surface area contributed by atoms with Crippen molar-refractivity contribution >= 4 is 16.7 Å². The fourth-order valence-corrected chi connectivity index (χ4v) is 2.19. The van der Waals surface area contributed by atoms with Gasteiger partial charge >= 0.3 is 6.18 Å². The average molecular weight is 345 g/mol. The van der Waals surface area contributed by atoms with Crippen molar-refractivity contribution in [1.82, 2.24) is 9.97 Å². The number of aromatic nitrogens is 2. The highest BCUT2D eigenvalue weighted by Crippen LogP contribution is 2.38. The number of nitrogens with one attached hydrogen (secondary N) is 1. The van der Waals surface area contributed by atoms with E-state index in [0.29, 0.717) is 30.7 Å². The molecule has 0 radical (unpaired) electrons. The number of hydrogen-bond donors (Lipinski definition) is 1. The van der Waals surface area contributed by atoms with E-state index in [1.165, 1.54) is 14.2 Å². The number of ether oxygens (including phenoxy) is 3. The summed E-state index contributed by atoms with van der Waals surface area (Å²) >= 11 is 0. The van der Waals surface area contributed by atoms with Crippen LogP contribution in [-0.4, -0.2) is 44.4 Å². The maximum atomic E-state index is 13.1. The molecule has 0 aliphatic rings. The molecule has 0 unspecified atom stereocenters. The molecule has 0 atom stereocenters. The van der Waals surface area contributed by atoms with Crippen molar-refractivity contribution in [2.45, 2.75) is 12.6 Å². The van der Waals surface area contributed by atoms with Crippen molar-refractivity contribution in [3.8, 4) is 11.5 Å². The van der Waals surface area contributed by atoms with Crippen LogP contribution >= 0.6 is 0 Å². The van der Waals surface area contributed by atoms with E-state index in [1.54, 1.807) is 19.2 Å². The van der Waals surface area contributed by atoms with Gasteiger partial charge in [-0.3, -0.25) is 0 Å². The lowest BCUT2D eigenvalue weighted by atomic mass is 10.2. The smallest absolute Gasteiger partial charge is 0.451 e. The lowest BCUT2D eigenvalue weighted by Gasteiger charge is -2.15. The van der Waals surface area contributed by atoms with Crippen LogP contribution in [0.3, 0.4) is 0 Å². The minimum atomic E-state index is -4.68. The summed E-state index contributed by atoms with van der Waals surface area (Å²) in [7, 11) is 4.30. The number of benzene rings is 1. The Balaban J connectivity index is 2.57. The molecular weight excluding hydrogens is 327 g/mol. The highest BCUT2D eigenvalue weighted by atomic mass is 19.4. The second-order valence-corrected chi connectivity index (χ2v) is 4.86. The van der Waals surface area contributed by atoms with Crippen molar-refractivity contribution in [1.29, 1.82) is 0 Å². The van der Waals surface area contributed by atoms with E-state index in [2.05, 4.69) is 15.3 Å². The van der Waals surface area contributed by atoms with E-state index < -0.39 is 12.0 Å². The highest BCUT2D eigenvalue weighted by Gasteiger charge is 2.36. The maximum Gasteiger partial charge on any atom is 0.451 e. The number of rotatable bonds is 7. The molecule has 24 heavy (non-hydrogen) atoms. The molecule has 0 amide bonds. The first-order valence-corrected chi connectivity index (χ1v) is 7.15. The Hall–Kier alpha value is -2.29. The third kappa shape index (κ3) is 3.78. The second-order valence-electron chi connectivity index (χ2n) is 4.86. The van der Waals surface area contributed by atoms with E-state index in [0.717, 1.165) is 0 Å². The van der Waals surface area contributed by atoms with Crippen LogP contribution in [0.2, 0.25) is 0 Å². The van der Waals surface area contributed by atoms with E-state index in [-0.39, 0.29) is 17.1 Å². The molecule has 2 rings (SSSR count). The summed E-state index contributed by atoms with van der Waals surface area (Å²) in [5.74, 6) is -0.731. The zero-order valence-electron chi connectivity index (χ0n) is 13.5. The Morgan fingerprint density at radius 1 is 1.08 bits per heavy atom. The third-order valence-corrected chi connectivity index (χ3v) is 3.28. The van der Waals surface area contributed by atoms with Crippen LogP contribution < -0.4 is 14.8 Å². The Morgan fingerprint density at radius 2 is 1.83 bits per heavy atom. The minimum Gasteiger partial charge on any atom is -0.493 e. The number of halogens is 3. The molecule has 132 valence electrons. The van der Waals surface area contributed by atoms with Gasteiger partial charge in [0.1, 0.15) is 11.3 Å². The first kappa shape index (κ1) is 18.1. The van der Waals surface area contributed by atoms with Crippen LogP contribution in [0.4, 0.5) is 19.0 Å². The molecule has 1 aromatic carbocycles. The predicted molar refractivity (Wildman–Crippen MR) is 82.6 cm³/mol. The van der Waals surface area contributed by atoms with Crippen molar-refractivity contribution in [2.75, 3.05) is 39.8 Å². The van der Waals surface area contributed by atoms with E-state index in [1.807, 2.05) is 0 Å². The average Bonchev–Trinajstić information content (AvgIpc) is 2.56. The van der Waals surface area contributed by atoms with Gasteiger partial charge in [-0.1, -0.05) is 0 Å². The normalized spacial score (nSPS) is 11.6. The van der Waals surface area contributed by atoms with Gasteiger partial charge in [0.15, 0.2) is 11.5 Å². The molecule has 1 heterocycles. The van der Waals surface area contributed by atoms with Gasteiger partial charge in [-0.2, -0.15) is 13.2 Å². The molecule has 0 saturated carbocycles. The van der Waals surface area contributed by atoms with Gasteiger partial charge in [-0.15, -0.1) is 0 Å². The quantitative estimate of drug-likeness (QED) is 0.778. The number of fused-ring (bicyclic) bond motifs is 1. The molecule has 9 heteroatoms. The standard InChI is InChI=1S/C15H18F3N3O3/c1-22-8-4-7-19-13-9-5-6-10(23-2)12(24-3)11(9)20-14(21-13)15(16,17)18/h5-6H,4,7-8H2,1-3H3,(H,19,20,21). The van der Waals surface area contributed by atoms with Gasteiger partial charge in [0, 0.05) is 25.6 Å². The van der Waals surface area contributed by atoms with Gasteiger partial charge in [0.2, 0.25) is 5.82 Å². The first-order chi connectivity index (χ1) is 11.4. The van der Waals surface area contributed by atoms with Crippen molar-refractivity contribution < 1.29 is 27.4 Å². The largest absolute Gasteiger partial charge is 0.493 e. The minimum absolute atomic E-state index is 0.0356. The molecule has 0 fully saturated rings. The predicted octanol–water partition coefficient (Wildman–Crippen LogP) is 3.11. The number of methoxy groups -OCH3 is 3. The first-order valence-electron chi connectivity index (χ1n) is 7.15. The van der Waals surface area contributed by atoms with Crippen molar-refractivity contribution in [2.24, 2.45) is 0 Å². The lowest BCUT2D eigenvalue weighted by Crippen LogP contribution is -2.15. The van der Waals surface area contributed by atoms with Crippen LogP contribution in [0.1, 0.15) is 12.2 Å². The molecule has 0 aliphatic heterocycles. The molecule has 6 nitrogen and oxygen atoms in total. The number of nitrogens with zero attached hydrogens (tertiary/aromatic N) is 2.